The van der Waals surface area contributed by atoms with E-state index in [2.05, 4.69) is 10.2 Å². The third-order valence-electron chi connectivity index (χ3n) is 4.22. The van der Waals surface area contributed by atoms with Crippen LogP contribution in [0.25, 0.3) is 0 Å². The fourth-order valence-electron chi connectivity index (χ4n) is 2.88. The fraction of sp³-hybridized carbons (Fsp3) is 0.929. The van der Waals surface area contributed by atoms with Gasteiger partial charge in [-0.05, 0) is 57.2 Å². The van der Waals surface area contributed by atoms with Crippen LogP contribution >= 0.6 is 0 Å². The number of carbonyl (C=O) groups excluding carboxylic acids is 1. The highest BCUT2D eigenvalue weighted by Crippen LogP contribution is 2.20. The molecule has 1 atom stereocenters. The molecule has 2 aliphatic heterocycles. The molecule has 0 aliphatic carbocycles. The Morgan fingerprint density at radius 2 is 2.06 bits per heavy atom. The number of piperidine rings is 1. The minimum atomic E-state index is 0.0960. The van der Waals surface area contributed by atoms with E-state index in [9.17, 15) is 4.79 Å². The van der Waals surface area contributed by atoms with Gasteiger partial charge in [-0.3, -0.25) is 4.79 Å². The number of rotatable bonds is 5. The zero-order chi connectivity index (χ0) is 12.8. The van der Waals surface area contributed by atoms with Crippen molar-refractivity contribution in [2.75, 3.05) is 39.4 Å². The van der Waals surface area contributed by atoms with Crippen molar-refractivity contribution < 1.29 is 9.53 Å². The molecule has 1 N–H and O–H groups in total. The second-order valence-electron chi connectivity index (χ2n) is 5.74. The average Bonchev–Trinajstić information content (AvgIpc) is 2.88. The van der Waals surface area contributed by atoms with Crippen LogP contribution in [0.4, 0.5) is 0 Å². The summed E-state index contributed by atoms with van der Waals surface area (Å²) in [5.41, 5.74) is 0. The molecule has 1 unspecified atom stereocenters. The third-order valence-corrected chi connectivity index (χ3v) is 4.22. The lowest BCUT2D eigenvalue weighted by molar-refractivity contribution is -0.119. The second-order valence-corrected chi connectivity index (χ2v) is 5.74. The van der Waals surface area contributed by atoms with Gasteiger partial charge in [-0.25, -0.2) is 0 Å². The number of hydrogen-bond donors (Lipinski definition) is 1. The van der Waals surface area contributed by atoms with Gasteiger partial charge in [-0.1, -0.05) is 0 Å². The first-order chi connectivity index (χ1) is 8.74. The second kappa shape index (κ2) is 7.10. The molecule has 2 fully saturated rings. The lowest BCUT2D eigenvalue weighted by Crippen LogP contribution is -2.39. The lowest BCUT2D eigenvalue weighted by Gasteiger charge is -2.32. The van der Waals surface area contributed by atoms with Gasteiger partial charge in [0, 0.05) is 26.7 Å². The summed E-state index contributed by atoms with van der Waals surface area (Å²) in [6, 6.07) is 0. The van der Waals surface area contributed by atoms with Crippen LogP contribution in [0.5, 0.6) is 0 Å². The zero-order valence-electron chi connectivity index (χ0n) is 11.5. The van der Waals surface area contributed by atoms with Crippen LogP contribution in [-0.4, -0.2) is 50.2 Å². The molecule has 2 aliphatic rings. The summed E-state index contributed by atoms with van der Waals surface area (Å²) in [5.74, 6) is 1.57. The predicted molar refractivity (Wildman–Crippen MR) is 71.4 cm³/mol. The highest BCUT2D eigenvalue weighted by Gasteiger charge is 2.21. The molecule has 0 aromatic carbocycles. The van der Waals surface area contributed by atoms with Crippen molar-refractivity contribution in [1.82, 2.24) is 10.2 Å². The zero-order valence-corrected chi connectivity index (χ0v) is 11.5. The molecular formula is C14H26N2O2. The van der Waals surface area contributed by atoms with Crippen LogP contribution in [0.3, 0.4) is 0 Å². The number of carbonyl (C=O) groups is 1. The first kappa shape index (κ1) is 13.8. The standard InChI is InChI=1S/C14H26N2O2/c1-12(17)15-10-13-2-6-16(7-3-13)8-4-14-5-9-18-11-14/h13-14H,2-11H2,1H3,(H,15,17). The van der Waals surface area contributed by atoms with Gasteiger partial charge < -0.3 is 15.0 Å². The first-order valence-electron chi connectivity index (χ1n) is 7.28. The highest BCUT2D eigenvalue weighted by molar-refractivity contribution is 5.72. The van der Waals surface area contributed by atoms with Gasteiger partial charge in [0.1, 0.15) is 0 Å². The normalized spacial score (nSPS) is 26.4. The topological polar surface area (TPSA) is 41.6 Å². The molecule has 0 bridgehead atoms. The first-order valence-corrected chi connectivity index (χ1v) is 7.28. The summed E-state index contributed by atoms with van der Waals surface area (Å²) >= 11 is 0. The minimum absolute atomic E-state index is 0.0960. The van der Waals surface area contributed by atoms with Crippen molar-refractivity contribution in [1.29, 1.82) is 0 Å². The number of amides is 1. The Kier molecular flexibility index (Phi) is 5.45. The Morgan fingerprint density at radius 1 is 1.28 bits per heavy atom. The van der Waals surface area contributed by atoms with E-state index in [1.807, 2.05) is 0 Å². The maximum Gasteiger partial charge on any atom is 0.216 e. The van der Waals surface area contributed by atoms with Gasteiger partial charge in [0.05, 0.1) is 0 Å². The number of nitrogens with zero attached hydrogens (tertiary/aromatic N) is 1. The molecule has 0 saturated carbocycles. The summed E-state index contributed by atoms with van der Waals surface area (Å²) in [6.45, 7) is 8.00. The molecule has 2 rings (SSSR count). The van der Waals surface area contributed by atoms with Gasteiger partial charge in [0.15, 0.2) is 0 Å². The van der Waals surface area contributed by atoms with E-state index in [0.29, 0.717) is 5.92 Å². The summed E-state index contributed by atoms with van der Waals surface area (Å²) in [6.07, 6.45) is 4.98. The van der Waals surface area contributed by atoms with Crippen LogP contribution in [-0.2, 0) is 9.53 Å². The molecule has 0 radical (unpaired) electrons. The SMILES string of the molecule is CC(=O)NCC1CCN(CCC2CCOC2)CC1. The Morgan fingerprint density at radius 3 is 2.67 bits per heavy atom. The van der Waals surface area contributed by atoms with Crippen molar-refractivity contribution >= 4 is 5.91 Å². The minimum Gasteiger partial charge on any atom is -0.381 e. The van der Waals surface area contributed by atoms with E-state index < -0.39 is 0 Å². The summed E-state index contributed by atoms with van der Waals surface area (Å²) in [4.78, 5) is 13.4. The third kappa shape index (κ3) is 4.58. The van der Waals surface area contributed by atoms with Crippen LogP contribution in [0.15, 0.2) is 0 Å². The monoisotopic (exact) mass is 254 g/mol. The van der Waals surface area contributed by atoms with E-state index in [1.54, 1.807) is 6.92 Å². The molecule has 0 aromatic rings. The Bertz CT molecular complexity index is 257. The van der Waals surface area contributed by atoms with E-state index in [0.717, 1.165) is 25.7 Å². The van der Waals surface area contributed by atoms with Crippen LogP contribution in [0.1, 0.15) is 32.6 Å². The molecule has 4 nitrogen and oxygen atoms in total. The average molecular weight is 254 g/mol. The molecule has 1 amide bonds. The van der Waals surface area contributed by atoms with Gasteiger partial charge in [-0.2, -0.15) is 0 Å². The van der Waals surface area contributed by atoms with Crippen molar-refractivity contribution in [3.05, 3.63) is 0 Å². The van der Waals surface area contributed by atoms with Crippen molar-refractivity contribution in [3.8, 4) is 0 Å². The Labute approximate surface area is 110 Å². The van der Waals surface area contributed by atoms with Crippen LogP contribution < -0.4 is 5.32 Å². The smallest absolute Gasteiger partial charge is 0.216 e. The van der Waals surface area contributed by atoms with E-state index in [1.165, 1.54) is 45.3 Å². The largest absolute Gasteiger partial charge is 0.381 e. The maximum absolute atomic E-state index is 10.9. The van der Waals surface area contributed by atoms with Crippen molar-refractivity contribution in [3.63, 3.8) is 0 Å². The van der Waals surface area contributed by atoms with Crippen molar-refractivity contribution in [2.24, 2.45) is 11.8 Å². The van der Waals surface area contributed by atoms with E-state index >= 15 is 0 Å². The van der Waals surface area contributed by atoms with Gasteiger partial charge in [-0.15, -0.1) is 0 Å². The predicted octanol–water partition coefficient (Wildman–Crippen LogP) is 1.26. The number of nitrogens with one attached hydrogen (secondary N) is 1. The Balaban J connectivity index is 1.56. The van der Waals surface area contributed by atoms with Crippen LogP contribution in [0, 0.1) is 11.8 Å². The molecule has 4 heteroatoms. The number of likely N-dealkylation sites (tertiary alicyclic amines) is 1. The molecule has 2 saturated heterocycles. The van der Waals surface area contributed by atoms with Gasteiger partial charge in [0.25, 0.3) is 0 Å². The molecule has 104 valence electrons. The molecule has 2 heterocycles. The highest BCUT2D eigenvalue weighted by atomic mass is 16.5. The molecule has 0 spiro atoms. The van der Waals surface area contributed by atoms with E-state index in [-0.39, 0.29) is 5.91 Å². The van der Waals surface area contributed by atoms with E-state index in [4.69, 9.17) is 4.74 Å². The molecular weight excluding hydrogens is 228 g/mol. The van der Waals surface area contributed by atoms with Crippen molar-refractivity contribution in [2.45, 2.75) is 32.6 Å². The maximum atomic E-state index is 10.9. The summed E-state index contributed by atoms with van der Waals surface area (Å²) in [5, 5.41) is 2.93. The molecule has 18 heavy (non-hydrogen) atoms. The number of ether oxygens (including phenoxy) is 1. The molecule has 0 aromatic heterocycles. The summed E-state index contributed by atoms with van der Waals surface area (Å²) < 4.78 is 5.41. The fourth-order valence-corrected chi connectivity index (χ4v) is 2.88. The number of hydrogen-bond acceptors (Lipinski definition) is 3. The van der Waals surface area contributed by atoms with Gasteiger partial charge >= 0.3 is 0 Å². The quantitative estimate of drug-likeness (QED) is 0.803. The Hall–Kier alpha value is -0.610. The van der Waals surface area contributed by atoms with Crippen LogP contribution in [0.2, 0.25) is 0 Å². The summed E-state index contributed by atoms with van der Waals surface area (Å²) in [7, 11) is 0. The van der Waals surface area contributed by atoms with Gasteiger partial charge in [0.2, 0.25) is 5.91 Å². The lowest BCUT2D eigenvalue weighted by atomic mass is 9.96.